The van der Waals surface area contributed by atoms with Gasteiger partial charge in [0.1, 0.15) is 5.82 Å². The van der Waals surface area contributed by atoms with Crippen molar-refractivity contribution in [1.82, 2.24) is 0 Å². The number of aryl methyl sites for hydroxylation is 2. The van der Waals surface area contributed by atoms with Crippen molar-refractivity contribution in [2.24, 2.45) is 0 Å². The Morgan fingerprint density at radius 1 is 0.931 bits per heavy atom. The van der Waals surface area contributed by atoms with Crippen LogP contribution in [0, 0.1) is 24.6 Å². The smallest absolute Gasteiger partial charge is 0.123 e. The minimum atomic E-state index is -0.212. The summed E-state index contributed by atoms with van der Waals surface area (Å²) in [5.74, 6) is 6.36. The molecule has 1 heteroatoms. The van der Waals surface area contributed by atoms with Crippen molar-refractivity contribution < 1.29 is 4.39 Å². The van der Waals surface area contributed by atoms with Crippen LogP contribution in [-0.2, 0) is 6.42 Å². The van der Waals surface area contributed by atoms with Gasteiger partial charge in [0.05, 0.1) is 0 Å². The number of halogens is 1. The number of unbranched alkanes of at least 4 members (excludes halogenated alkanes) is 1. The van der Waals surface area contributed by atoms with Crippen LogP contribution in [-0.4, -0.2) is 0 Å². The van der Waals surface area contributed by atoms with E-state index in [9.17, 15) is 4.39 Å². The first-order valence-electron chi connectivity index (χ1n) is 10.2. The van der Waals surface area contributed by atoms with E-state index in [0.717, 1.165) is 39.8 Å². The van der Waals surface area contributed by atoms with Crippen LogP contribution in [0.3, 0.4) is 0 Å². The van der Waals surface area contributed by atoms with E-state index < -0.39 is 0 Å². The fourth-order valence-corrected chi connectivity index (χ4v) is 3.24. The molecule has 0 nitrogen and oxygen atoms in total. The van der Waals surface area contributed by atoms with Crippen LogP contribution in [0.25, 0.3) is 11.6 Å². The molecule has 3 aromatic rings. The molecule has 3 rings (SSSR count). The van der Waals surface area contributed by atoms with Crippen LogP contribution >= 0.6 is 0 Å². The molecule has 0 aliphatic rings. The summed E-state index contributed by atoms with van der Waals surface area (Å²) < 4.78 is 13.1. The molecule has 0 aliphatic heterocycles. The summed E-state index contributed by atoms with van der Waals surface area (Å²) in [4.78, 5) is 0. The second-order valence-electron chi connectivity index (χ2n) is 7.46. The average Bonchev–Trinajstić information content (AvgIpc) is 2.73. The van der Waals surface area contributed by atoms with Gasteiger partial charge in [-0.05, 0) is 84.8 Å². The lowest BCUT2D eigenvalue weighted by molar-refractivity contribution is 0.627. The van der Waals surface area contributed by atoms with E-state index in [0.29, 0.717) is 0 Å². The van der Waals surface area contributed by atoms with Gasteiger partial charge >= 0.3 is 0 Å². The van der Waals surface area contributed by atoms with Crippen molar-refractivity contribution in [1.29, 1.82) is 0 Å². The van der Waals surface area contributed by atoms with Gasteiger partial charge in [-0.15, -0.1) is 0 Å². The topological polar surface area (TPSA) is 0 Å². The molecule has 0 atom stereocenters. The molecule has 0 N–H and O–H groups in total. The predicted octanol–water partition coefficient (Wildman–Crippen LogP) is 7.44. The Bertz CT molecular complexity index is 1040. The highest BCUT2D eigenvalue weighted by Crippen LogP contribution is 2.20. The Labute approximate surface area is 174 Å². The van der Waals surface area contributed by atoms with Crippen molar-refractivity contribution in [2.45, 2.75) is 40.0 Å². The third-order valence-corrected chi connectivity index (χ3v) is 5.05. The minimum Gasteiger partial charge on any atom is -0.207 e. The first-order chi connectivity index (χ1) is 14.0. The molecular formula is C28H27F. The maximum atomic E-state index is 13.1. The van der Waals surface area contributed by atoms with Crippen LogP contribution in [0.4, 0.5) is 4.39 Å². The van der Waals surface area contributed by atoms with E-state index >= 15 is 0 Å². The second-order valence-corrected chi connectivity index (χ2v) is 7.46. The van der Waals surface area contributed by atoms with Crippen molar-refractivity contribution in [2.75, 3.05) is 0 Å². The molecule has 0 aromatic heterocycles. The lowest BCUT2D eigenvalue weighted by Gasteiger charge is -2.04. The van der Waals surface area contributed by atoms with Crippen molar-refractivity contribution in [3.63, 3.8) is 0 Å². The fourth-order valence-electron chi connectivity index (χ4n) is 3.24. The van der Waals surface area contributed by atoms with Crippen molar-refractivity contribution in [3.8, 4) is 11.8 Å². The van der Waals surface area contributed by atoms with Crippen LogP contribution in [0.2, 0.25) is 0 Å². The maximum Gasteiger partial charge on any atom is 0.123 e. The highest BCUT2D eigenvalue weighted by atomic mass is 19.1. The number of hydrogen-bond donors (Lipinski definition) is 0. The van der Waals surface area contributed by atoms with E-state index in [2.05, 4.69) is 74.2 Å². The fraction of sp³-hybridized carbons (Fsp3) is 0.214. The van der Waals surface area contributed by atoms with Crippen molar-refractivity contribution >= 4 is 11.6 Å². The Hall–Kier alpha value is -3.11. The molecule has 3 aromatic carbocycles. The number of hydrogen-bond acceptors (Lipinski definition) is 0. The molecule has 0 heterocycles. The summed E-state index contributed by atoms with van der Waals surface area (Å²) in [6.07, 6.45) is 5.70. The van der Waals surface area contributed by atoms with Gasteiger partial charge in [-0.2, -0.15) is 0 Å². The van der Waals surface area contributed by atoms with E-state index in [1.54, 1.807) is 12.1 Å². The Kier molecular flexibility index (Phi) is 7.04. The van der Waals surface area contributed by atoms with Gasteiger partial charge in [0.25, 0.3) is 0 Å². The summed E-state index contributed by atoms with van der Waals surface area (Å²) in [7, 11) is 0. The molecule has 0 spiro atoms. The summed E-state index contributed by atoms with van der Waals surface area (Å²) in [5, 5.41) is 0. The van der Waals surface area contributed by atoms with Crippen LogP contribution in [0.1, 0.15) is 60.1 Å². The molecule has 0 unspecified atom stereocenters. The van der Waals surface area contributed by atoms with Gasteiger partial charge in [-0.25, -0.2) is 4.39 Å². The minimum absolute atomic E-state index is 0.212. The Morgan fingerprint density at radius 3 is 2.31 bits per heavy atom. The molecule has 0 fully saturated rings. The molecule has 29 heavy (non-hydrogen) atoms. The van der Waals surface area contributed by atoms with Gasteiger partial charge in [-0.3, -0.25) is 0 Å². The maximum absolute atomic E-state index is 13.1. The van der Waals surface area contributed by atoms with Gasteiger partial charge in [0, 0.05) is 11.1 Å². The highest BCUT2D eigenvalue weighted by molar-refractivity contribution is 5.80. The van der Waals surface area contributed by atoms with Gasteiger partial charge < -0.3 is 0 Å². The molecule has 146 valence electrons. The summed E-state index contributed by atoms with van der Waals surface area (Å²) in [6, 6.07) is 21.5. The summed E-state index contributed by atoms with van der Waals surface area (Å²) in [6.45, 7) is 6.34. The van der Waals surface area contributed by atoms with E-state index in [1.807, 2.05) is 6.92 Å². The summed E-state index contributed by atoms with van der Waals surface area (Å²) in [5.41, 5.74) is 7.85. The standard InChI is InChI=1S/C28H27F/c1-4-5-6-23-7-9-24(10-8-23)11-13-26-14-12-25(19-21(26)2)20-22(3)27-15-17-28(29)18-16-27/h7-10,12,14-20H,4-6H2,1-3H3/b22-20+. The van der Waals surface area contributed by atoms with Gasteiger partial charge in [0.15, 0.2) is 0 Å². The molecule has 0 radical (unpaired) electrons. The lowest BCUT2D eigenvalue weighted by atomic mass is 10.0. The monoisotopic (exact) mass is 382 g/mol. The molecular weight excluding hydrogens is 355 g/mol. The molecule has 0 bridgehead atoms. The number of allylic oxidation sites excluding steroid dienone is 1. The van der Waals surface area contributed by atoms with Crippen molar-refractivity contribution in [3.05, 3.63) is 106 Å². The third kappa shape index (κ3) is 5.93. The largest absolute Gasteiger partial charge is 0.207 e. The summed E-state index contributed by atoms with van der Waals surface area (Å²) >= 11 is 0. The molecule has 0 saturated heterocycles. The van der Waals surface area contributed by atoms with E-state index in [4.69, 9.17) is 0 Å². The predicted molar refractivity (Wildman–Crippen MR) is 122 cm³/mol. The van der Waals surface area contributed by atoms with E-state index in [-0.39, 0.29) is 5.82 Å². The third-order valence-electron chi connectivity index (χ3n) is 5.05. The number of benzene rings is 3. The number of rotatable bonds is 5. The van der Waals surface area contributed by atoms with Crippen LogP contribution in [0.5, 0.6) is 0 Å². The lowest BCUT2D eigenvalue weighted by Crippen LogP contribution is -1.87. The zero-order valence-corrected chi connectivity index (χ0v) is 17.4. The quantitative estimate of drug-likeness (QED) is 0.318. The SMILES string of the molecule is CCCCc1ccc(C#Cc2ccc(/C=C(\C)c3ccc(F)cc3)cc2C)cc1. The Balaban J connectivity index is 1.74. The average molecular weight is 383 g/mol. The Morgan fingerprint density at radius 2 is 1.66 bits per heavy atom. The first kappa shape index (κ1) is 20.6. The normalized spacial score (nSPS) is 11.1. The van der Waals surface area contributed by atoms with Gasteiger partial charge in [0.2, 0.25) is 0 Å². The molecule has 0 saturated carbocycles. The zero-order valence-electron chi connectivity index (χ0n) is 17.4. The molecule has 0 amide bonds. The highest BCUT2D eigenvalue weighted by Gasteiger charge is 2.00. The van der Waals surface area contributed by atoms with Crippen LogP contribution in [0.15, 0.2) is 66.7 Å². The second kappa shape index (κ2) is 9.89. The molecule has 0 aliphatic carbocycles. The van der Waals surface area contributed by atoms with E-state index in [1.165, 1.54) is 30.5 Å². The van der Waals surface area contributed by atoms with Gasteiger partial charge in [-0.1, -0.05) is 67.7 Å². The first-order valence-corrected chi connectivity index (χ1v) is 10.2. The zero-order chi connectivity index (χ0) is 20.6. The van der Waals surface area contributed by atoms with Crippen LogP contribution < -0.4 is 0 Å².